The van der Waals surface area contributed by atoms with E-state index in [1.807, 2.05) is 6.92 Å². The smallest absolute Gasteiger partial charge is 0.253 e. The lowest BCUT2D eigenvalue weighted by Crippen LogP contribution is -2.32. The van der Waals surface area contributed by atoms with Crippen molar-refractivity contribution in [1.82, 2.24) is 4.90 Å². The summed E-state index contributed by atoms with van der Waals surface area (Å²) >= 11 is 3.36. The first-order valence-electron chi connectivity index (χ1n) is 5.87. The van der Waals surface area contributed by atoms with Gasteiger partial charge in [0.2, 0.25) is 0 Å². The van der Waals surface area contributed by atoms with Crippen LogP contribution in [0.15, 0.2) is 22.7 Å². The molecule has 0 unspecified atom stereocenters. The number of ether oxygens (including phenoxy) is 1. The molecule has 18 heavy (non-hydrogen) atoms. The Morgan fingerprint density at radius 1 is 1.50 bits per heavy atom. The minimum Gasteiger partial charge on any atom is -0.496 e. The Labute approximate surface area is 116 Å². The number of rotatable bonds is 6. The van der Waals surface area contributed by atoms with Crippen molar-refractivity contribution < 1.29 is 14.6 Å². The molecule has 1 aromatic carbocycles. The normalized spacial score (nSPS) is 10.2. The largest absolute Gasteiger partial charge is 0.496 e. The Morgan fingerprint density at radius 3 is 2.72 bits per heavy atom. The number of amides is 1. The number of nitrogens with zero attached hydrogens (tertiary/aromatic N) is 1. The number of benzene rings is 1. The van der Waals surface area contributed by atoms with Crippen LogP contribution in [-0.4, -0.2) is 42.7 Å². The minimum atomic E-state index is -0.0331. The first-order chi connectivity index (χ1) is 8.63. The second kappa shape index (κ2) is 7.38. The minimum absolute atomic E-state index is 0.0331. The van der Waals surface area contributed by atoms with E-state index in [0.29, 0.717) is 30.8 Å². The van der Waals surface area contributed by atoms with E-state index in [1.54, 1.807) is 30.2 Å². The Balaban J connectivity index is 2.84. The van der Waals surface area contributed by atoms with Crippen molar-refractivity contribution in [3.05, 3.63) is 28.2 Å². The van der Waals surface area contributed by atoms with E-state index < -0.39 is 0 Å². The van der Waals surface area contributed by atoms with E-state index in [2.05, 4.69) is 15.9 Å². The number of aliphatic hydroxyl groups is 1. The summed E-state index contributed by atoms with van der Waals surface area (Å²) in [5.74, 6) is 0.666. The molecule has 0 heterocycles. The molecular formula is C13H18BrNO3. The standard InChI is InChI=1S/C13H18BrNO3/c1-3-15(7-4-8-16)13(17)10-5-6-12(18-2)11(14)9-10/h5-6,9,16H,3-4,7-8H2,1-2H3. The van der Waals surface area contributed by atoms with Crippen LogP contribution in [0, 0.1) is 0 Å². The molecular weight excluding hydrogens is 298 g/mol. The number of carbonyl (C=O) groups excluding carboxylic acids is 1. The zero-order chi connectivity index (χ0) is 13.5. The molecule has 5 heteroatoms. The number of methoxy groups -OCH3 is 1. The molecule has 0 radical (unpaired) electrons. The third-order valence-corrected chi connectivity index (χ3v) is 3.27. The molecule has 4 nitrogen and oxygen atoms in total. The first kappa shape index (κ1) is 15.0. The lowest BCUT2D eigenvalue weighted by molar-refractivity contribution is 0.0754. The third-order valence-electron chi connectivity index (χ3n) is 2.65. The van der Waals surface area contributed by atoms with Crippen LogP contribution in [0.5, 0.6) is 5.75 Å². The van der Waals surface area contributed by atoms with Gasteiger partial charge in [-0.25, -0.2) is 0 Å². The summed E-state index contributed by atoms with van der Waals surface area (Å²) in [6.07, 6.45) is 0.594. The van der Waals surface area contributed by atoms with Crippen molar-refractivity contribution in [1.29, 1.82) is 0 Å². The van der Waals surface area contributed by atoms with E-state index in [-0.39, 0.29) is 12.5 Å². The van der Waals surface area contributed by atoms with E-state index in [1.165, 1.54) is 0 Å². The van der Waals surface area contributed by atoms with Gasteiger partial charge < -0.3 is 14.7 Å². The van der Waals surface area contributed by atoms with Crippen molar-refractivity contribution in [2.45, 2.75) is 13.3 Å². The molecule has 0 atom stereocenters. The molecule has 1 amide bonds. The van der Waals surface area contributed by atoms with E-state index in [0.717, 1.165) is 4.47 Å². The van der Waals surface area contributed by atoms with Gasteiger partial charge in [-0.15, -0.1) is 0 Å². The predicted octanol–water partition coefficient (Wildman–Crippen LogP) is 2.30. The quantitative estimate of drug-likeness (QED) is 0.876. The average molecular weight is 316 g/mol. The highest BCUT2D eigenvalue weighted by atomic mass is 79.9. The van der Waals surface area contributed by atoms with Crippen molar-refractivity contribution in [2.75, 3.05) is 26.8 Å². The second-order valence-electron chi connectivity index (χ2n) is 3.81. The van der Waals surface area contributed by atoms with Crippen molar-refractivity contribution in [2.24, 2.45) is 0 Å². The molecule has 1 aromatic rings. The summed E-state index contributed by atoms with van der Waals surface area (Å²) in [6, 6.07) is 5.26. The van der Waals surface area contributed by atoms with Crippen LogP contribution in [-0.2, 0) is 0 Å². The maximum Gasteiger partial charge on any atom is 0.253 e. The van der Waals surface area contributed by atoms with Crippen LogP contribution < -0.4 is 4.74 Å². The fraction of sp³-hybridized carbons (Fsp3) is 0.462. The summed E-state index contributed by atoms with van der Waals surface area (Å²) in [5, 5.41) is 8.81. The lowest BCUT2D eigenvalue weighted by Gasteiger charge is -2.20. The first-order valence-corrected chi connectivity index (χ1v) is 6.67. The summed E-state index contributed by atoms with van der Waals surface area (Å²) in [6.45, 7) is 3.21. The van der Waals surface area contributed by atoms with Crippen LogP contribution in [0.2, 0.25) is 0 Å². The number of hydrogen-bond donors (Lipinski definition) is 1. The zero-order valence-corrected chi connectivity index (χ0v) is 12.2. The molecule has 0 bridgehead atoms. The molecule has 0 aliphatic heterocycles. The van der Waals surface area contributed by atoms with Crippen LogP contribution in [0.1, 0.15) is 23.7 Å². The molecule has 0 aromatic heterocycles. The highest BCUT2D eigenvalue weighted by molar-refractivity contribution is 9.10. The Kier molecular flexibility index (Phi) is 6.15. The monoisotopic (exact) mass is 315 g/mol. The van der Waals surface area contributed by atoms with Crippen LogP contribution in [0.4, 0.5) is 0 Å². The topological polar surface area (TPSA) is 49.8 Å². The molecule has 0 saturated carbocycles. The Morgan fingerprint density at radius 2 is 2.22 bits per heavy atom. The molecule has 0 saturated heterocycles. The summed E-state index contributed by atoms with van der Waals surface area (Å²) in [7, 11) is 1.58. The van der Waals surface area contributed by atoms with Crippen molar-refractivity contribution in [3.63, 3.8) is 0 Å². The van der Waals surface area contributed by atoms with E-state index >= 15 is 0 Å². The van der Waals surface area contributed by atoms with Gasteiger partial charge in [0.15, 0.2) is 0 Å². The number of aliphatic hydroxyl groups excluding tert-OH is 1. The molecule has 0 fully saturated rings. The fourth-order valence-corrected chi connectivity index (χ4v) is 2.19. The van der Waals surface area contributed by atoms with Gasteiger partial charge in [-0.1, -0.05) is 0 Å². The van der Waals surface area contributed by atoms with Gasteiger partial charge in [0.1, 0.15) is 5.75 Å². The molecule has 0 aliphatic rings. The van der Waals surface area contributed by atoms with E-state index in [4.69, 9.17) is 9.84 Å². The molecule has 0 spiro atoms. The van der Waals surface area contributed by atoms with Gasteiger partial charge in [0.05, 0.1) is 11.6 Å². The Hall–Kier alpha value is -1.07. The van der Waals surface area contributed by atoms with Gasteiger partial charge >= 0.3 is 0 Å². The van der Waals surface area contributed by atoms with Crippen molar-refractivity contribution >= 4 is 21.8 Å². The van der Waals surface area contributed by atoms with Gasteiger partial charge in [0, 0.05) is 25.3 Å². The predicted molar refractivity (Wildman–Crippen MR) is 74.0 cm³/mol. The number of hydrogen-bond acceptors (Lipinski definition) is 3. The number of carbonyl (C=O) groups is 1. The molecule has 100 valence electrons. The summed E-state index contributed by atoms with van der Waals surface area (Å²) in [4.78, 5) is 13.9. The second-order valence-corrected chi connectivity index (χ2v) is 4.67. The van der Waals surface area contributed by atoms with Gasteiger partial charge in [-0.2, -0.15) is 0 Å². The van der Waals surface area contributed by atoms with Gasteiger partial charge in [-0.3, -0.25) is 4.79 Å². The highest BCUT2D eigenvalue weighted by Gasteiger charge is 2.15. The average Bonchev–Trinajstić information content (AvgIpc) is 2.39. The maximum absolute atomic E-state index is 12.2. The highest BCUT2D eigenvalue weighted by Crippen LogP contribution is 2.26. The Bertz CT molecular complexity index is 409. The summed E-state index contributed by atoms with van der Waals surface area (Å²) in [5.41, 5.74) is 0.613. The van der Waals surface area contributed by atoms with Crippen LogP contribution >= 0.6 is 15.9 Å². The third kappa shape index (κ3) is 3.71. The van der Waals surface area contributed by atoms with Crippen molar-refractivity contribution in [3.8, 4) is 5.75 Å². The summed E-state index contributed by atoms with van der Waals surface area (Å²) < 4.78 is 5.88. The molecule has 1 rings (SSSR count). The van der Waals surface area contributed by atoms with E-state index in [9.17, 15) is 4.79 Å². The SMILES string of the molecule is CCN(CCCO)C(=O)c1ccc(OC)c(Br)c1. The molecule has 1 N–H and O–H groups in total. The van der Waals surface area contributed by atoms with Crippen LogP contribution in [0.25, 0.3) is 0 Å². The van der Waals surface area contributed by atoms with Gasteiger partial charge in [-0.05, 0) is 47.5 Å². The maximum atomic E-state index is 12.2. The van der Waals surface area contributed by atoms with Crippen LogP contribution in [0.3, 0.4) is 0 Å². The zero-order valence-electron chi connectivity index (χ0n) is 10.6. The van der Waals surface area contributed by atoms with Gasteiger partial charge in [0.25, 0.3) is 5.91 Å². The fourth-order valence-electron chi connectivity index (χ4n) is 1.65. The molecule has 0 aliphatic carbocycles. The lowest BCUT2D eigenvalue weighted by atomic mass is 10.2. The number of halogens is 1.